The zero-order valence-electron chi connectivity index (χ0n) is 14.0. The lowest BCUT2D eigenvalue weighted by Crippen LogP contribution is -2.53. The molecule has 3 heterocycles. The number of fused-ring (bicyclic) bond motifs is 1. The fraction of sp³-hybridized carbons (Fsp3) is 0.684. The summed E-state index contributed by atoms with van der Waals surface area (Å²) in [6.07, 6.45) is 4.02. The van der Waals surface area contributed by atoms with Crippen molar-refractivity contribution in [1.82, 2.24) is 9.80 Å². The van der Waals surface area contributed by atoms with Gasteiger partial charge >= 0.3 is 0 Å². The van der Waals surface area contributed by atoms with Crippen molar-refractivity contribution < 1.29 is 0 Å². The second kappa shape index (κ2) is 7.81. The first-order valence-electron chi connectivity index (χ1n) is 9.10. The number of hydrogen-bond donors (Lipinski definition) is 0. The molecule has 0 spiro atoms. The van der Waals surface area contributed by atoms with Crippen LogP contribution >= 0.6 is 23.5 Å². The van der Waals surface area contributed by atoms with Crippen LogP contribution in [0.4, 0.5) is 0 Å². The van der Waals surface area contributed by atoms with Crippen molar-refractivity contribution in [3.8, 4) is 0 Å². The Hall–Kier alpha value is -0.160. The number of thioether (sulfide) groups is 2. The molecule has 126 valence electrons. The molecule has 0 aromatic heterocycles. The van der Waals surface area contributed by atoms with Crippen LogP contribution in [0.1, 0.15) is 24.0 Å². The topological polar surface area (TPSA) is 6.48 Å². The summed E-state index contributed by atoms with van der Waals surface area (Å²) in [5.74, 6) is 5.40. The van der Waals surface area contributed by atoms with Gasteiger partial charge in [-0.2, -0.15) is 23.5 Å². The second-order valence-corrected chi connectivity index (χ2v) is 9.38. The van der Waals surface area contributed by atoms with Gasteiger partial charge in [-0.3, -0.25) is 9.80 Å². The number of likely N-dealkylation sites (tertiary alicyclic amines) is 1. The average molecular weight is 349 g/mol. The van der Waals surface area contributed by atoms with Crippen LogP contribution in [-0.2, 0) is 13.0 Å². The minimum absolute atomic E-state index is 0.773. The minimum Gasteiger partial charge on any atom is -0.297 e. The Morgan fingerprint density at radius 3 is 2.48 bits per heavy atom. The van der Waals surface area contributed by atoms with E-state index < -0.39 is 0 Å². The SMILES string of the molecule is c1ccc2c(c1)CCN(C1CCCN(C3CSCCSC3)C1)C2. The normalized spacial score (nSPS) is 28.3. The van der Waals surface area contributed by atoms with Gasteiger partial charge < -0.3 is 0 Å². The molecule has 23 heavy (non-hydrogen) atoms. The largest absolute Gasteiger partial charge is 0.297 e. The highest BCUT2D eigenvalue weighted by Crippen LogP contribution is 2.27. The van der Waals surface area contributed by atoms with Crippen LogP contribution in [0.3, 0.4) is 0 Å². The maximum atomic E-state index is 2.82. The molecule has 1 atom stereocenters. The maximum Gasteiger partial charge on any atom is 0.0277 e. The van der Waals surface area contributed by atoms with E-state index in [1.807, 2.05) is 0 Å². The lowest BCUT2D eigenvalue weighted by atomic mass is 9.95. The molecule has 2 saturated heterocycles. The van der Waals surface area contributed by atoms with Crippen molar-refractivity contribution in [2.24, 2.45) is 0 Å². The Labute approximate surface area is 149 Å². The van der Waals surface area contributed by atoms with Crippen molar-refractivity contribution in [2.75, 3.05) is 42.6 Å². The van der Waals surface area contributed by atoms with Crippen molar-refractivity contribution in [1.29, 1.82) is 0 Å². The second-order valence-electron chi connectivity index (χ2n) is 7.08. The number of benzene rings is 1. The van der Waals surface area contributed by atoms with Gasteiger partial charge in [0.05, 0.1) is 0 Å². The van der Waals surface area contributed by atoms with E-state index in [2.05, 4.69) is 57.6 Å². The molecule has 0 radical (unpaired) electrons. The van der Waals surface area contributed by atoms with Crippen LogP contribution in [0, 0.1) is 0 Å². The Bertz CT molecular complexity index is 514. The molecule has 1 aromatic rings. The number of rotatable bonds is 2. The highest BCUT2D eigenvalue weighted by atomic mass is 32.2. The van der Waals surface area contributed by atoms with E-state index in [4.69, 9.17) is 0 Å². The van der Waals surface area contributed by atoms with Crippen molar-refractivity contribution in [2.45, 2.75) is 37.9 Å². The van der Waals surface area contributed by atoms with E-state index in [1.54, 1.807) is 11.1 Å². The highest BCUT2D eigenvalue weighted by molar-refractivity contribution is 8.03. The van der Waals surface area contributed by atoms with Crippen LogP contribution < -0.4 is 0 Å². The molecule has 2 fully saturated rings. The number of hydrogen-bond acceptors (Lipinski definition) is 4. The predicted octanol–water partition coefficient (Wildman–Crippen LogP) is 3.36. The van der Waals surface area contributed by atoms with Crippen LogP contribution in [0.5, 0.6) is 0 Å². The molecule has 0 aliphatic carbocycles. The summed E-state index contributed by atoms with van der Waals surface area (Å²) < 4.78 is 0. The van der Waals surface area contributed by atoms with E-state index in [-0.39, 0.29) is 0 Å². The summed E-state index contributed by atoms with van der Waals surface area (Å²) in [5, 5.41) is 0. The lowest BCUT2D eigenvalue weighted by Gasteiger charge is -2.43. The first-order valence-corrected chi connectivity index (χ1v) is 11.4. The van der Waals surface area contributed by atoms with Gasteiger partial charge in [-0.05, 0) is 36.9 Å². The predicted molar refractivity (Wildman–Crippen MR) is 104 cm³/mol. The lowest BCUT2D eigenvalue weighted by molar-refractivity contribution is 0.0737. The summed E-state index contributed by atoms with van der Waals surface area (Å²) >= 11 is 4.34. The monoisotopic (exact) mass is 348 g/mol. The fourth-order valence-electron chi connectivity index (χ4n) is 4.26. The van der Waals surface area contributed by atoms with Gasteiger partial charge in [0.2, 0.25) is 0 Å². The molecule has 1 unspecified atom stereocenters. The smallest absolute Gasteiger partial charge is 0.0277 e. The summed E-state index contributed by atoms with van der Waals surface area (Å²) in [5.41, 5.74) is 3.14. The average Bonchev–Trinajstić information content (AvgIpc) is 2.91. The Morgan fingerprint density at radius 1 is 0.870 bits per heavy atom. The van der Waals surface area contributed by atoms with Gasteiger partial charge in [-0.15, -0.1) is 0 Å². The molecule has 3 aliphatic rings. The molecular formula is C19H28N2S2. The first-order chi connectivity index (χ1) is 11.4. The van der Waals surface area contributed by atoms with E-state index in [1.165, 1.54) is 68.5 Å². The van der Waals surface area contributed by atoms with E-state index in [0.29, 0.717) is 0 Å². The molecular weight excluding hydrogens is 320 g/mol. The quantitative estimate of drug-likeness (QED) is 0.808. The molecule has 2 nitrogen and oxygen atoms in total. The van der Waals surface area contributed by atoms with Crippen molar-refractivity contribution in [3.63, 3.8) is 0 Å². The van der Waals surface area contributed by atoms with Crippen LogP contribution in [0.25, 0.3) is 0 Å². The Balaban J connectivity index is 1.39. The molecule has 4 rings (SSSR count). The molecule has 1 aromatic carbocycles. The molecule has 0 N–H and O–H groups in total. The van der Waals surface area contributed by atoms with Crippen LogP contribution in [-0.4, -0.2) is 64.5 Å². The van der Waals surface area contributed by atoms with E-state index in [0.717, 1.165) is 12.1 Å². The third kappa shape index (κ3) is 3.92. The van der Waals surface area contributed by atoms with Crippen molar-refractivity contribution in [3.05, 3.63) is 35.4 Å². The van der Waals surface area contributed by atoms with Gasteiger partial charge in [0, 0.05) is 54.7 Å². The molecule has 4 heteroatoms. The van der Waals surface area contributed by atoms with Gasteiger partial charge in [-0.25, -0.2) is 0 Å². The summed E-state index contributed by atoms with van der Waals surface area (Å²) in [6, 6.07) is 10.6. The van der Waals surface area contributed by atoms with E-state index in [9.17, 15) is 0 Å². The third-order valence-corrected chi connectivity index (χ3v) is 8.10. The first kappa shape index (κ1) is 16.3. The Morgan fingerprint density at radius 2 is 1.65 bits per heavy atom. The Kier molecular flexibility index (Phi) is 5.54. The fourth-order valence-corrected chi connectivity index (χ4v) is 6.88. The zero-order valence-corrected chi connectivity index (χ0v) is 15.6. The van der Waals surface area contributed by atoms with Gasteiger partial charge in [0.25, 0.3) is 0 Å². The highest BCUT2D eigenvalue weighted by Gasteiger charge is 2.31. The van der Waals surface area contributed by atoms with Gasteiger partial charge in [0.15, 0.2) is 0 Å². The number of piperidine rings is 1. The van der Waals surface area contributed by atoms with E-state index >= 15 is 0 Å². The summed E-state index contributed by atoms with van der Waals surface area (Å²) in [6.45, 7) is 5.05. The van der Waals surface area contributed by atoms with Crippen molar-refractivity contribution >= 4 is 23.5 Å². The maximum absolute atomic E-state index is 2.82. The number of nitrogens with zero attached hydrogens (tertiary/aromatic N) is 2. The van der Waals surface area contributed by atoms with Gasteiger partial charge in [0.1, 0.15) is 0 Å². The molecule has 0 amide bonds. The molecule has 3 aliphatic heterocycles. The van der Waals surface area contributed by atoms with Gasteiger partial charge in [-0.1, -0.05) is 24.3 Å². The summed E-state index contributed by atoms with van der Waals surface area (Å²) in [4.78, 5) is 5.59. The third-order valence-electron chi connectivity index (χ3n) is 5.61. The minimum atomic E-state index is 0.773. The zero-order chi connectivity index (χ0) is 15.5. The molecule has 0 saturated carbocycles. The van der Waals surface area contributed by atoms with Crippen LogP contribution in [0.15, 0.2) is 24.3 Å². The molecule has 0 bridgehead atoms. The summed E-state index contributed by atoms with van der Waals surface area (Å²) in [7, 11) is 0. The van der Waals surface area contributed by atoms with Crippen LogP contribution in [0.2, 0.25) is 0 Å². The standard InChI is InChI=1S/C19H28N2S2/c1-2-5-17-12-21(9-7-16(17)4-1)18-6-3-8-20(13-18)19-14-22-10-11-23-15-19/h1-2,4-5,18-19H,3,6-15H2.